The van der Waals surface area contributed by atoms with Crippen molar-refractivity contribution < 1.29 is 28.9 Å². The summed E-state index contributed by atoms with van der Waals surface area (Å²) in [5, 5.41) is 11.4. The van der Waals surface area contributed by atoms with Crippen molar-refractivity contribution in [2.24, 2.45) is 0 Å². The van der Waals surface area contributed by atoms with Gasteiger partial charge in [-0.2, -0.15) is 0 Å². The van der Waals surface area contributed by atoms with Gasteiger partial charge in [-0.05, 0) is 61.4 Å². The van der Waals surface area contributed by atoms with Crippen LogP contribution in [0.1, 0.15) is 36.6 Å². The van der Waals surface area contributed by atoms with Gasteiger partial charge in [-0.3, -0.25) is 14.5 Å². The first-order valence-electron chi connectivity index (χ1n) is 14.0. The van der Waals surface area contributed by atoms with Gasteiger partial charge < -0.3 is 24.2 Å². The molecule has 2 heterocycles. The zero-order chi connectivity index (χ0) is 28.8. The summed E-state index contributed by atoms with van der Waals surface area (Å²) < 4.78 is 17.1. The zero-order valence-electron chi connectivity index (χ0n) is 23.5. The largest absolute Gasteiger partial charge is 0.507 e. The molecule has 2 saturated heterocycles. The molecule has 1 N–H and O–H groups in total. The van der Waals surface area contributed by atoms with Crippen molar-refractivity contribution >= 4 is 17.4 Å². The van der Waals surface area contributed by atoms with E-state index in [-0.39, 0.29) is 17.4 Å². The Labute approximate surface area is 240 Å². The first kappa shape index (κ1) is 28.4. The van der Waals surface area contributed by atoms with Crippen molar-refractivity contribution in [3.05, 3.63) is 101 Å². The SMILES string of the molecule is CC(C)Oc1ccc(C(O)=C2C(=O)C(=O)N(CCN3CCOCC3)C2c2ccc(OCc3ccccc3)cc2)cc1. The van der Waals surface area contributed by atoms with E-state index >= 15 is 0 Å². The highest BCUT2D eigenvalue weighted by Crippen LogP contribution is 2.40. The number of hydrogen-bond acceptors (Lipinski definition) is 7. The summed E-state index contributed by atoms with van der Waals surface area (Å²) in [7, 11) is 0. The van der Waals surface area contributed by atoms with Crippen LogP contribution >= 0.6 is 0 Å². The standard InChI is InChI=1S/C33H36N2O6/c1-23(2)41-28-14-10-26(11-15-28)31(36)29-30(35(33(38)32(29)37)17-16-34-18-20-39-21-19-34)25-8-12-27(13-9-25)40-22-24-6-4-3-5-7-24/h3-15,23,30,36H,16-22H2,1-2H3. The minimum absolute atomic E-state index is 0.00545. The minimum atomic E-state index is -0.731. The smallest absolute Gasteiger partial charge is 0.295 e. The Kier molecular flexibility index (Phi) is 9.01. The highest BCUT2D eigenvalue weighted by atomic mass is 16.5. The molecular weight excluding hydrogens is 520 g/mol. The van der Waals surface area contributed by atoms with E-state index in [9.17, 15) is 14.7 Å². The highest BCUT2D eigenvalue weighted by molar-refractivity contribution is 6.46. The zero-order valence-corrected chi connectivity index (χ0v) is 23.5. The predicted octanol–water partition coefficient (Wildman–Crippen LogP) is 4.81. The average molecular weight is 557 g/mol. The number of carbonyl (C=O) groups excluding carboxylic acids is 2. The number of nitrogens with zero attached hydrogens (tertiary/aromatic N) is 2. The van der Waals surface area contributed by atoms with Crippen LogP contribution in [-0.2, 0) is 20.9 Å². The van der Waals surface area contributed by atoms with Crippen LogP contribution < -0.4 is 9.47 Å². The third-order valence-corrected chi connectivity index (χ3v) is 7.24. The summed E-state index contributed by atoms with van der Waals surface area (Å²) >= 11 is 0. The van der Waals surface area contributed by atoms with Gasteiger partial charge in [0.05, 0.1) is 30.9 Å². The minimum Gasteiger partial charge on any atom is -0.507 e. The Hall–Kier alpha value is -4.14. The van der Waals surface area contributed by atoms with Gasteiger partial charge in [0, 0.05) is 31.7 Å². The molecule has 0 bridgehead atoms. The molecule has 0 aliphatic carbocycles. The van der Waals surface area contributed by atoms with E-state index in [1.807, 2.05) is 68.4 Å². The van der Waals surface area contributed by atoms with E-state index in [1.54, 1.807) is 29.2 Å². The molecule has 3 aromatic carbocycles. The second-order valence-electron chi connectivity index (χ2n) is 10.5. The van der Waals surface area contributed by atoms with Gasteiger partial charge in [-0.25, -0.2) is 0 Å². The molecule has 214 valence electrons. The van der Waals surface area contributed by atoms with Crippen LogP contribution in [0.15, 0.2) is 84.4 Å². The third-order valence-electron chi connectivity index (χ3n) is 7.24. The molecule has 0 aromatic heterocycles. The Morgan fingerprint density at radius 3 is 2.22 bits per heavy atom. The van der Waals surface area contributed by atoms with Gasteiger partial charge in [0.15, 0.2) is 0 Å². The topological polar surface area (TPSA) is 88.5 Å². The number of ketones is 1. The Morgan fingerprint density at radius 1 is 0.902 bits per heavy atom. The lowest BCUT2D eigenvalue weighted by Gasteiger charge is -2.31. The van der Waals surface area contributed by atoms with Crippen LogP contribution in [0.2, 0.25) is 0 Å². The summed E-state index contributed by atoms with van der Waals surface area (Å²) in [6, 6.07) is 23.4. The van der Waals surface area contributed by atoms with E-state index in [1.165, 1.54) is 0 Å². The number of aliphatic hydroxyl groups excluding tert-OH is 1. The molecule has 0 spiro atoms. The van der Waals surface area contributed by atoms with Crippen LogP contribution in [0.4, 0.5) is 0 Å². The Bertz CT molecular complexity index is 1360. The molecule has 8 heteroatoms. The molecule has 1 amide bonds. The van der Waals surface area contributed by atoms with Crippen LogP contribution in [0, 0.1) is 0 Å². The molecule has 0 saturated carbocycles. The van der Waals surface area contributed by atoms with Gasteiger partial charge in [0.2, 0.25) is 0 Å². The average Bonchev–Trinajstić information content (AvgIpc) is 3.25. The number of rotatable bonds is 10. The van der Waals surface area contributed by atoms with Gasteiger partial charge in [0.25, 0.3) is 11.7 Å². The van der Waals surface area contributed by atoms with E-state index in [4.69, 9.17) is 14.2 Å². The van der Waals surface area contributed by atoms with E-state index in [0.29, 0.717) is 50.0 Å². The van der Waals surface area contributed by atoms with Gasteiger partial charge >= 0.3 is 0 Å². The van der Waals surface area contributed by atoms with Crippen molar-refractivity contribution in [3.8, 4) is 11.5 Å². The fourth-order valence-electron chi connectivity index (χ4n) is 5.14. The second kappa shape index (κ2) is 13.0. The number of likely N-dealkylation sites (tertiary alicyclic amines) is 1. The maximum absolute atomic E-state index is 13.4. The lowest BCUT2D eigenvalue weighted by molar-refractivity contribution is -0.140. The van der Waals surface area contributed by atoms with Crippen molar-refractivity contribution in [1.82, 2.24) is 9.80 Å². The first-order valence-corrected chi connectivity index (χ1v) is 14.0. The number of amides is 1. The Morgan fingerprint density at radius 2 is 1.56 bits per heavy atom. The lowest BCUT2D eigenvalue weighted by atomic mass is 9.95. The number of morpholine rings is 1. The predicted molar refractivity (Wildman–Crippen MR) is 156 cm³/mol. The van der Waals surface area contributed by atoms with Gasteiger partial charge in [-0.15, -0.1) is 0 Å². The number of benzene rings is 3. The molecular formula is C33H36N2O6. The quantitative estimate of drug-likeness (QED) is 0.218. The third kappa shape index (κ3) is 6.78. The lowest BCUT2D eigenvalue weighted by Crippen LogP contribution is -2.42. The van der Waals surface area contributed by atoms with Gasteiger partial charge in [0.1, 0.15) is 23.9 Å². The summed E-state index contributed by atoms with van der Waals surface area (Å²) in [5.74, 6) is -0.188. The van der Waals surface area contributed by atoms with E-state index in [2.05, 4.69) is 4.90 Å². The number of hydrogen-bond donors (Lipinski definition) is 1. The van der Waals surface area contributed by atoms with E-state index in [0.717, 1.165) is 24.2 Å². The van der Waals surface area contributed by atoms with Crippen molar-refractivity contribution in [2.75, 3.05) is 39.4 Å². The number of ether oxygens (including phenoxy) is 3. The second-order valence-corrected chi connectivity index (χ2v) is 10.5. The molecule has 2 fully saturated rings. The fourth-order valence-corrected chi connectivity index (χ4v) is 5.14. The van der Waals surface area contributed by atoms with Crippen molar-refractivity contribution in [3.63, 3.8) is 0 Å². The number of aliphatic hydroxyl groups is 1. The Balaban J connectivity index is 1.44. The molecule has 1 atom stereocenters. The van der Waals surface area contributed by atoms with Crippen LogP contribution in [0.25, 0.3) is 5.76 Å². The molecule has 2 aliphatic rings. The summed E-state index contributed by atoms with van der Waals surface area (Å²) in [6.07, 6.45) is 0.00545. The normalized spacial score (nSPS) is 19.1. The molecule has 3 aromatic rings. The monoisotopic (exact) mass is 556 g/mol. The summed E-state index contributed by atoms with van der Waals surface area (Å²) in [6.45, 7) is 8.07. The van der Waals surface area contributed by atoms with Gasteiger partial charge in [-0.1, -0.05) is 42.5 Å². The number of carbonyl (C=O) groups is 2. The van der Waals surface area contributed by atoms with Crippen molar-refractivity contribution in [2.45, 2.75) is 32.6 Å². The molecule has 5 rings (SSSR count). The maximum atomic E-state index is 13.4. The summed E-state index contributed by atoms with van der Waals surface area (Å²) in [4.78, 5) is 30.5. The fraction of sp³-hybridized carbons (Fsp3) is 0.333. The molecule has 1 unspecified atom stereocenters. The first-order chi connectivity index (χ1) is 19.9. The van der Waals surface area contributed by atoms with Crippen LogP contribution in [-0.4, -0.2) is 72.1 Å². The molecule has 0 radical (unpaired) electrons. The molecule has 41 heavy (non-hydrogen) atoms. The van der Waals surface area contributed by atoms with E-state index < -0.39 is 17.7 Å². The highest BCUT2D eigenvalue weighted by Gasteiger charge is 2.46. The summed E-state index contributed by atoms with van der Waals surface area (Å²) in [5.41, 5.74) is 2.30. The van der Waals surface area contributed by atoms with Crippen LogP contribution in [0.5, 0.6) is 11.5 Å². The molecule has 8 nitrogen and oxygen atoms in total. The molecule has 2 aliphatic heterocycles. The maximum Gasteiger partial charge on any atom is 0.295 e. The van der Waals surface area contributed by atoms with Crippen LogP contribution in [0.3, 0.4) is 0 Å². The van der Waals surface area contributed by atoms with Crippen molar-refractivity contribution in [1.29, 1.82) is 0 Å². The number of Topliss-reactive ketones (excluding diaryl/α,β-unsaturated/α-hetero) is 1.